The molecule has 0 radical (unpaired) electrons. The van der Waals surface area contributed by atoms with Gasteiger partial charge >= 0.3 is 0 Å². The van der Waals surface area contributed by atoms with Gasteiger partial charge in [0.2, 0.25) is 0 Å². The van der Waals surface area contributed by atoms with Crippen LogP contribution in [0.4, 0.5) is 0 Å². The fourth-order valence-corrected chi connectivity index (χ4v) is 3.31. The van der Waals surface area contributed by atoms with Gasteiger partial charge in [-0.25, -0.2) is 0 Å². The van der Waals surface area contributed by atoms with Crippen LogP contribution in [-0.4, -0.2) is 30.8 Å². The van der Waals surface area contributed by atoms with Crippen LogP contribution in [0.25, 0.3) is 22.2 Å². The second-order valence-electron chi connectivity index (χ2n) is 6.63. The van der Waals surface area contributed by atoms with Gasteiger partial charge in [0, 0.05) is 23.5 Å². The number of rotatable bonds is 7. The van der Waals surface area contributed by atoms with Crippen molar-refractivity contribution in [3.05, 3.63) is 76.7 Å². The second-order valence-corrected chi connectivity index (χ2v) is 6.63. The van der Waals surface area contributed by atoms with Crippen LogP contribution >= 0.6 is 0 Å². The summed E-state index contributed by atoms with van der Waals surface area (Å²) in [6, 6.07) is 17.3. The number of H-pyrrole nitrogens is 2. The van der Waals surface area contributed by atoms with E-state index in [1.807, 2.05) is 48.5 Å². The molecule has 0 amide bonds. The molecule has 2 aromatic heterocycles. The fraction of sp³-hybridized carbons (Fsp3) is 0.174. The SMILES string of the molecule is COc1cccc(CCOc2cc[nH]c(=O)c2-c2cc3cc(OC)ccc3[nH]2)c1. The monoisotopic (exact) mass is 390 g/mol. The Morgan fingerprint density at radius 3 is 2.59 bits per heavy atom. The molecule has 6 nitrogen and oxygen atoms in total. The van der Waals surface area contributed by atoms with E-state index in [4.69, 9.17) is 14.2 Å². The van der Waals surface area contributed by atoms with Gasteiger partial charge in [0.25, 0.3) is 5.56 Å². The molecule has 0 fully saturated rings. The molecule has 2 N–H and O–H groups in total. The summed E-state index contributed by atoms with van der Waals surface area (Å²) < 4.78 is 16.5. The summed E-state index contributed by atoms with van der Waals surface area (Å²) in [5.74, 6) is 2.11. The van der Waals surface area contributed by atoms with E-state index in [0.717, 1.165) is 28.0 Å². The minimum Gasteiger partial charge on any atom is -0.497 e. The Labute approximate surface area is 168 Å². The average Bonchev–Trinajstić information content (AvgIpc) is 3.16. The van der Waals surface area contributed by atoms with Gasteiger partial charge in [-0.3, -0.25) is 4.79 Å². The highest BCUT2D eigenvalue weighted by molar-refractivity contribution is 5.87. The molecule has 0 atom stereocenters. The Kier molecular flexibility index (Phi) is 5.24. The first-order chi connectivity index (χ1) is 14.2. The van der Waals surface area contributed by atoms with Crippen molar-refractivity contribution >= 4 is 10.9 Å². The molecule has 2 aromatic carbocycles. The van der Waals surface area contributed by atoms with Crippen molar-refractivity contribution in [2.45, 2.75) is 6.42 Å². The normalized spacial score (nSPS) is 10.8. The molecule has 4 rings (SSSR count). The van der Waals surface area contributed by atoms with Crippen LogP contribution < -0.4 is 19.8 Å². The first kappa shape index (κ1) is 18.7. The lowest BCUT2D eigenvalue weighted by atomic mass is 10.1. The van der Waals surface area contributed by atoms with Gasteiger partial charge in [-0.2, -0.15) is 0 Å². The first-order valence-corrected chi connectivity index (χ1v) is 9.32. The highest BCUT2D eigenvalue weighted by Crippen LogP contribution is 2.30. The highest BCUT2D eigenvalue weighted by atomic mass is 16.5. The lowest BCUT2D eigenvalue weighted by Gasteiger charge is -2.10. The van der Waals surface area contributed by atoms with E-state index in [-0.39, 0.29) is 5.56 Å². The highest BCUT2D eigenvalue weighted by Gasteiger charge is 2.14. The van der Waals surface area contributed by atoms with E-state index in [0.29, 0.717) is 30.0 Å². The molecule has 0 spiro atoms. The zero-order valence-corrected chi connectivity index (χ0v) is 16.3. The minimum absolute atomic E-state index is 0.206. The maximum atomic E-state index is 12.6. The summed E-state index contributed by atoms with van der Waals surface area (Å²) in [5.41, 5.74) is 3.00. The van der Waals surface area contributed by atoms with Crippen molar-refractivity contribution in [1.82, 2.24) is 9.97 Å². The number of aromatic amines is 2. The summed E-state index contributed by atoms with van der Waals surface area (Å²) >= 11 is 0. The quantitative estimate of drug-likeness (QED) is 0.497. The van der Waals surface area contributed by atoms with E-state index in [1.165, 1.54) is 0 Å². The van der Waals surface area contributed by atoms with Crippen LogP contribution in [0.15, 0.2) is 65.6 Å². The largest absolute Gasteiger partial charge is 0.497 e. The predicted octanol–water partition coefficient (Wildman–Crippen LogP) is 4.16. The number of ether oxygens (including phenoxy) is 3. The van der Waals surface area contributed by atoms with Crippen LogP contribution in [0.3, 0.4) is 0 Å². The van der Waals surface area contributed by atoms with Crippen molar-refractivity contribution < 1.29 is 14.2 Å². The molecule has 148 valence electrons. The van der Waals surface area contributed by atoms with Gasteiger partial charge in [-0.05, 0) is 48.0 Å². The number of benzene rings is 2. The summed E-state index contributed by atoms with van der Waals surface area (Å²) in [4.78, 5) is 18.6. The van der Waals surface area contributed by atoms with Gasteiger partial charge in [-0.1, -0.05) is 12.1 Å². The van der Waals surface area contributed by atoms with Crippen molar-refractivity contribution in [1.29, 1.82) is 0 Å². The molecule has 29 heavy (non-hydrogen) atoms. The van der Waals surface area contributed by atoms with Crippen molar-refractivity contribution in [2.24, 2.45) is 0 Å². The molecule has 2 heterocycles. The fourth-order valence-electron chi connectivity index (χ4n) is 3.31. The van der Waals surface area contributed by atoms with Gasteiger partial charge in [-0.15, -0.1) is 0 Å². The summed E-state index contributed by atoms with van der Waals surface area (Å²) in [5, 5.41) is 0.963. The van der Waals surface area contributed by atoms with E-state index in [1.54, 1.807) is 26.5 Å². The number of pyridine rings is 1. The number of hydrogen-bond donors (Lipinski definition) is 2. The van der Waals surface area contributed by atoms with Crippen LogP contribution in [0, 0.1) is 0 Å². The van der Waals surface area contributed by atoms with Crippen LogP contribution in [0.5, 0.6) is 17.2 Å². The molecule has 4 aromatic rings. The second kappa shape index (κ2) is 8.14. The number of nitrogens with one attached hydrogen (secondary N) is 2. The average molecular weight is 390 g/mol. The zero-order chi connectivity index (χ0) is 20.2. The molecule has 6 heteroatoms. The first-order valence-electron chi connectivity index (χ1n) is 9.32. The number of fused-ring (bicyclic) bond motifs is 1. The summed E-state index contributed by atoms with van der Waals surface area (Å²) in [6.07, 6.45) is 2.30. The van der Waals surface area contributed by atoms with Crippen molar-refractivity contribution in [2.75, 3.05) is 20.8 Å². The molecular weight excluding hydrogens is 368 g/mol. The Bertz CT molecular complexity index is 1190. The minimum atomic E-state index is -0.206. The third-order valence-electron chi connectivity index (χ3n) is 4.80. The summed E-state index contributed by atoms with van der Waals surface area (Å²) in [7, 11) is 3.28. The third-order valence-corrected chi connectivity index (χ3v) is 4.80. The zero-order valence-electron chi connectivity index (χ0n) is 16.3. The van der Waals surface area contributed by atoms with Crippen LogP contribution in [0.1, 0.15) is 5.56 Å². The van der Waals surface area contributed by atoms with Gasteiger partial charge in [0.05, 0.1) is 26.5 Å². The van der Waals surface area contributed by atoms with Crippen LogP contribution in [0.2, 0.25) is 0 Å². The molecule has 0 aliphatic carbocycles. The predicted molar refractivity (Wildman–Crippen MR) is 113 cm³/mol. The molecule has 0 aliphatic heterocycles. The number of aromatic nitrogens is 2. The third kappa shape index (κ3) is 3.96. The maximum absolute atomic E-state index is 12.6. The van der Waals surface area contributed by atoms with Gasteiger partial charge < -0.3 is 24.2 Å². The van der Waals surface area contributed by atoms with Crippen molar-refractivity contribution in [3.8, 4) is 28.5 Å². The Morgan fingerprint density at radius 2 is 1.76 bits per heavy atom. The smallest absolute Gasteiger partial charge is 0.261 e. The van der Waals surface area contributed by atoms with Crippen molar-refractivity contribution in [3.63, 3.8) is 0 Å². The van der Waals surface area contributed by atoms with Crippen LogP contribution in [-0.2, 0) is 6.42 Å². The Hall–Kier alpha value is -3.67. The molecule has 0 bridgehead atoms. The molecule has 0 unspecified atom stereocenters. The Morgan fingerprint density at radius 1 is 0.931 bits per heavy atom. The lowest BCUT2D eigenvalue weighted by molar-refractivity contribution is 0.322. The molecule has 0 saturated heterocycles. The Balaban J connectivity index is 1.59. The molecule has 0 saturated carbocycles. The van der Waals surface area contributed by atoms with E-state index >= 15 is 0 Å². The maximum Gasteiger partial charge on any atom is 0.261 e. The summed E-state index contributed by atoms with van der Waals surface area (Å²) in [6.45, 7) is 0.442. The topological polar surface area (TPSA) is 76.3 Å². The van der Waals surface area contributed by atoms with E-state index in [9.17, 15) is 4.79 Å². The van der Waals surface area contributed by atoms with Gasteiger partial charge in [0.1, 0.15) is 22.8 Å². The van der Waals surface area contributed by atoms with E-state index in [2.05, 4.69) is 9.97 Å². The molecule has 0 aliphatic rings. The van der Waals surface area contributed by atoms with E-state index < -0.39 is 0 Å². The lowest BCUT2D eigenvalue weighted by Crippen LogP contribution is -2.12. The number of methoxy groups -OCH3 is 2. The number of hydrogen-bond acceptors (Lipinski definition) is 4. The van der Waals surface area contributed by atoms with Gasteiger partial charge in [0.15, 0.2) is 0 Å². The standard InChI is InChI=1S/C23H22N2O4/c1-27-17-5-3-4-15(12-17)9-11-29-21-8-10-24-23(26)22(21)20-14-16-13-18(28-2)6-7-19(16)25-20/h3-8,10,12-14,25H,9,11H2,1-2H3,(H,24,26). The molecular formula is C23H22N2O4.